The van der Waals surface area contributed by atoms with E-state index in [1.165, 1.54) is 13.0 Å². The topological polar surface area (TPSA) is 43.1 Å². The van der Waals surface area contributed by atoms with Gasteiger partial charge in [-0.15, -0.1) is 12.6 Å². The molecule has 0 rings (SSSR count). The number of allylic oxidation sites excluding steroid dienone is 4. The summed E-state index contributed by atoms with van der Waals surface area (Å²) in [6.45, 7) is 5.42. The van der Waals surface area contributed by atoms with Gasteiger partial charge in [-0.1, -0.05) is 13.8 Å². The molecule has 0 N–H and O–H groups in total. The van der Waals surface area contributed by atoms with E-state index in [4.69, 9.17) is 0 Å². The summed E-state index contributed by atoms with van der Waals surface area (Å²) < 4.78 is 0. The summed E-state index contributed by atoms with van der Waals surface area (Å²) in [5, 5.41) is 10.2. The van der Waals surface area contributed by atoms with Crippen molar-refractivity contribution >= 4 is 12.6 Å². The maximum Gasteiger partial charge on any atom is 0.243 e. The first kappa shape index (κ1) is 11.2. The SMILES string of the molecule is C/C(=C\C=C(/S)C(C)C)[N+](=O)[O-]. The van der Waals surface area contributed by atoms with Gasteiger partial charge in [0.25, 0.3) is 0 Å². The highest BCUT2D eigenvalue weighted by molar-refractivity contribution is 7.84. The number of hydrogen-bond acceptors (Lipinski definition) is 3. The largest absolute Gasteiger partial charge is 0.259 e. The predicted octanol–water partition coefficient (Wildman–Crippen LogP) is 2.64. The average Bonchev–Trinajstić information content (AvgIpc) is 1.98. The van der Waals surface area contributed by atoms with Crippen molar-refractivity contribution in [2.24, 2.45) is 5.92 Å². The molecular weight excluding hydrogens is 174 g/mol. The minimum Gasteiger partial charge on any atom is -0.259 e. The van der Waals surface area contributed by atoms with Crippen molar-refractivity contribution in [1.82, 2.24) is 0 Å². The average molecular weight is 187 g/mol. The van der Waals surface area contributed by atoms with Crippen molar-refractivity contribution in [3.8, 4) is 0 Å². The summed E-state index contributed by atoms with van der Waals surface area (Å²) in [4.78, 5) is 10.6. The third-order valence-corrected chi connectivity index (χ3v) is 2.04. The van der Waals surface area contributed by atoms with E-state index in [9.17, 15) is 10.1 Å². The van der Waals surface area contributed by atoms with Crippen molar-refractivity contribution in [2.45, 2.75) is 20.8 Å². The van der Waals surface area contributed by atoms with Crippen LogP contribution < -0.4 is 0 Å². The summed E-state index contributed by atoms with van der Waals surface area (Å²) in [5.41, 5.74) is 0.127. The fourth-order valence-electron chi connectivity index (χ4n) is 0.459. The standard InChI is InChI=1S/C8H13NO2S/c1-6(2)8(12)5-4-7(3)9(10)11/h4-6,12H,1-3H3/b7-4+,8-5-. The van der Waals surface area contributed by atoms with Crippen LogP contribution in [0.1, 0.15) is 20.8 Å². The van der Waals surface area contributed by atoms with Crippen LogP contribution in [0.15, 0.2) is 22.8 Å². The maximum atomic E-state index is 10.2. The molecule has 0 heterocycles. The monoisotopic (exact) mass is 187 g/mol. The van der Waals surface area contributed by atoms with Gasteiger partial charge in [0.15, 0.2) is 0 Å². The Morgan fingerprint density at radius 1 is 1.50 bits per heavy atom. The Morgan fingerprint density at radius 3 is 2.33 bits per heavy atom. The van der Waals surface area contributed by atoms with Crippen LogP contribution in [0, 0.1) is 16.0 Å². The Balaban J connectivity index is 4.38. The molecule has 0 aliphatic heterocycles. The zero-order valence-electron chi connectivity index (χ0n) is 7.44. The zero-order chi connectivity index (χ0) is 9.72. The van der Waals surface area contributed by atoms with Gasteiger partial charge in [-0.3, -0.25) is 10.1 Å². The number of nitrogens with zero attached hydrogens (tertiary/aromatic N) is 1. The molecule has 0 atom stereocenters. The normalized spacial score (nSPS) is 13.8. The first-order valence-electron chi connectivity index (χ1n) is 3.67. The molecule has 0 aromatic rings. The lowest BCUT2D eigenvalue weighted by molar-refractivity contribution is -0.424. The van der Waals surface area contributed by atoms with Crippen molar-refractivity contribution in [3.05, 3.63) is 32.9 Å². The van der Waals surface area contributed by atoms with Crippen molar-refractivity contribution in [3.63, 3.8) is 0 Å². The van der Waals surface area contributed by atoms with Gasteiger partial charge in [0.1, 0.15) is 0 Å². The highest BCUT2D eigenvalue weighted by Gasteiger charge is 2.00. The number of nitro groups is 1. The lowest BCUT2D eigenvalue weighted by atomic mass is 10.2. The minimum absolute atomic E-state index is 0.127. The molecule has 0 fully saturated rings. The number of hydrogen-bond donors (Lipinski definition) is 1. The first-order chi connectivity index (χ1) is 5.45. The van der Waals surface area contributed by atoms with E-state index in [-0.39, 0.29) is 5.70 Å². The minimum atomic E-state index is -0.419. The summed E-state index contributed by atoms with van der Waals surface area (Å²) >= 11 is 4.16. The molecule has 0 aromatic heterocycles. The molecule has 0 saturated heterocycles. The van der Waals surface area contributed by atoms with Crippen LogP contribution in [0.25, 0.3) is 0 Å². The van der Waals surface area contributed by atoms with Gasteiger partial charge in [-0.25, -0.2) is 0 Å². The van der Waals surface area contributed by atoms with Gasteiger partial charge in [0, 0.05) is 13.0 Å². The lowest BCUT2D eigenvalue weighted by Crippen LogP contribution is -1.92. The van der Waals surface area contributed by atoms with E-state index >= 15 is 0 Å². The summed E-state index contributed by atoms with van der Waals surface area (Å²) in [5.74, 6) is 0.309. The van der Waals surface area contributed by atoms with Crippen molar-refractivity contribution < 1.29 is 4.92 Å². The molecule has 0 aliphatic rings. The van der Waals surface area contributed by atoms with E-state index in [1.54, 1.807) is 6.08 Å². The summed E-state index contributed by atoms with van der Waals surface area (Å²) in [6, 6.07) is 0. The summed E-state index contributed by atoms with van der Waals surface area (Å²) in [6.07, 6.45) is 3.12. The molecule has 0 aromatic carbocycles. The first-order valence-corrected chi connectivity index (χ1v) is 4.11. The highest BCUT2D eigenvalue weighted by atomic mass is 32.1. The zero-order valence-corrected chi connectivity index (χ0v) is 8.34. The van der Waals surface area contributed by atoms with Crippen LogP contribution in [0.5, 0.6) is 0 Å². The third-order valence-electron chi connectivity index (χ3n) is 1.37. The van der Waals surface area contributed by atoms with Gasteiger partial charge >= 0.3 is 0 Å². The highest BCUT2D eigenvalue weighted by Crippen LogP contribution is 2.13. The molecule has 12 heavy (non-hydrogen) atoms. The Labute approximate surface area is 77.7 Å². The molecule has 3 nitrogen and oxygen atoms in total. The van der Waals surface area contributed by atoms with E-state index in [2.05, 4.69) is 12.6 Å². The molecule has 0 saturated carbocycles. The van der Waals surface area contributed by atoms with Crippen LogP contribution in [0.4, 0.5) is 0 Å². The number of thiol groups is 1. The molecule has 0 radical (unpaired) electrons. The molecule has 0 amide bonds. The van der Waals surface area contributed by atoms with Crippen LogP contribution in [0.3, 0.4) is 0 Å². The van der Waals surface area contributed by atoms with Crippen molar-refractivity contribution in [1.29, 1.82) is 0 Å². The second-order valence-electron chi connectivity index (χ2n) is 2.81. The Hall–Kier alpha value is -0.770. The molecule has 0 aliphatic carbocycles. The summed E-state index contributed by atoms with van der Waals surface area (Å²) in [7, 11) is 0. The maximum absolute atomic E-state index is 10.2. The Morgan fingerprint density at radius 2 is 2.00 bits per heavy atom. The fourth-order valence-corrected chi connectivity index (χ4v) is 0.534. The van der Waals surface area contributed by atoms with Crippen LogP contribution in [-0.4, -0.2) is 4.92 Å². The van der Waals surface area contributed by atoms with Crippen LogP contribution >= 0.6 is 12.6 Å². The molecule has 0 bridgehead atoms. The smallest absolute Gasteiger partial charge is 0.243 e. The van der Waals surface area contributed by atoms with Gasteiger partial charge in [-0.05, 0) is 16.9 Å². The number of rotatable bonds is 3. The Kier molecular flexibility index (Phi) is 4.66. The van der Waals surface area contributed by atoms with E-state index in [0.717, 1.165) is 4.91 Å². The molecule has 4 heteroatoms. The van der Waals surface area contributed by atoms with Gasteiger partial charge < -0.3 is 0 Å². The van der Waals surface area contributed by atoms with E-state index < -0.39 is 4.92 Å². The van der Waals surface area contributed by atoms with Crippen LogP contribution in [-0.2, 0) is 0 Å². The predicted molar refractivity (Wildman–Crippen MR) is 52.7 cm³/mol. The van der Waals surface area contributed by atoms with Gasteiger partial charge in [0.05, 0.1) is 4.92 Å². The lowest BCUT2D eigenvalue weighted by Gasteiger charge is -2.00. The molecular formula is C8H13NO2S. The second kappa shape index (κ2) is 4.98. The third kappa shape index (κ3) is 4.18. The Bertz CT molecular complexity index is 231. The quantitative estimate of drug-likeness (QED) is 0.319. The van der Waals surface area contributed by atoms with Crippen molar-refractivity contribution in [2.75, 3.05) is 0 Å². The van der Waals surface area contributed by atoms with Gasteiger partial charge in [0.2, 0.25) is 5.70 Å². The van der Waals surface area contributed by atoms with E-state index in [1.807, 2.05) is 13.8 Å². The molecule has 0 unspecified atom stereocenters. The molecule has 68 valence electrons. The van der Waals surface area contributed by atoms with Crippen LogP contribution in [0.2, 0.25) is 0 Å². The van der Waals surface area contributed by atoms with E-state index in [0.29, 0.717) is 5.92 Å². The second-order valence-corrected chi connectivity index (χ2v) is 3.33. The van der Waals surface area contributed by atoms with Gasteiger partial charge in [-0.2, -0.15) is 0 Å². The fraction of sp³-hybridized carbons (Fsp3) is 0.500. The molecule has 0 spiro atoms.